The van der Waals surface area contributed by atoms with Crippen LogP contribution in [0.25, 0.3) is 10.3 Å². The first-order chi connectivity index (χ1) is 16.8. The van der Waals surface area contributed by atoms with Crippen LogP contribution in [-0.4, -0.2) is 62.6 Å². The maximum atomic E-state index is 13.6. The number of aromatic nitrogens is 4. The molecule has 0 bridgehead atoms. The number of nitrogens with one attached hydrogen (secondary N) is 1. The molecule has 180 valence electrons. The number of fused-ring (bicyclic) bond motifs is 1. The van der Waals surface area contributed by atoms with Gasteiger partial charge in [0.2, 0.25) is 0 Å². The van der Waals surface area contributed by atoms with Gasteiger partial charge in [-0.3, -0.25) is 14.9 Å². The fourth-order valence-electron chi connectivity index (χ4n) is 4.05. The summed E-state index contributed by atoms with van der Waals surface area (Å²) in [6.07, 6.45) is 1.78. The number of hydrogen-bond acceptors (Lipinski definition) is 7. The van der Waals surface area contributed by atoms with Crippen molar-refractivity contribution in [2.24, 2.45) is 0 Å². The van der Waals surface area contributed by atoms with E-state index in [4.69, 9.17) is 0 Å². The first kappa shape index (κ1) is 23.0. The van der Waals surface area contributed by atoms with Crippen molar-refractivity contribution >= 4 is 44.4 Å². The number of carbonyl (C=O) groups is 2. The molecular weight excluding hydrogens is 462 g/mol. The molecule has 1 aliphatic heterocycles. The summed E-state index contributed by atoms with van der Waals surface area (Å²) in [6.45, 7) is 8.61. The number of pyridine rings is 1. The lowest BCUT2D eigenvalue weighted by molar-refractivity contribution is 0.0740. The summed E-state index contributed by atoms with van der Waals surface area (Å²) in [5.41, 5.74) is 1.13. The lowest BCUT2D eigenvalue weighted by atomic mass is 10.1. The lowest BCUT2D eigenvalue weighted by Gasteiger charge is -2.35. The highest BCUT2D eigenvalue weighted by atomic mass is 32.1. The Hall–Kier alpha value is -3.79. The maximum absolute atomic E-state index is 13.6. The minimum Gasteiger partial charge on any atom is -0.353 e. The first-order valence-corrected chi connectivity index (χ1v) is 12.3. The van der Waals surface area contributed by atoms with Crippen molar-refractivity contribution in [3.05, 3.63) is 66.0 Å². The fourth-order valence-corrected chi connectivity index (χ4v) is 4.97. The molecule has 0 spiro atoms. The predicted octanol–water partition coefficient (Wildman–Crippen LogP) is 3.86. The summed E-state index contributed by atoms with van der Waals surface area (Å²) in [4.78, 5) is 39.3. The zero-order valence-corrected chi connectivity index (χ0v) is 20.7. The van der Waals surface area contributed by atoms with E-state index in [1.807, 2.05) is 62.1 Å². The highest BCUT2D eigenvalue weighted by molar-refractivity contribution is 7.22. The second kappa shape index (κ2) is 9.10. The molecule has 9 nitrogen and oxygen atoms in total. The van der Waals surface area contributed by atoms with Crippen molar-refractivity contribution in [1.82, 2.24) is 24.6 Å². The molecule has 0 saturated carbocycles. The summed E-state index contributed by atoms with van der Waals surface area (Å²) < 4.78 is 2.45. The molecule has 1 aromatic carbocycles. The van der Waals surface area contributed by atoms with Crippen molar-refractivity contribution in [1.29, 1.82) is 0 Å². The van der Waals surface area contributed by atoms with Gasteiger partial charge in [0.15, 0.2) is 16.5 Å². The van der Waals surface area contributed by atoms with Crippen LogP contribution in [0.15, 0.2) is 54.7 Å². The van der Waals surface area contributed by atoms with Crippen molar-refractivity contribution in [2.75, 3.05) is 36.4 Å². The predicted molar refractivity (Wildman–Crippen MR) is 137 cm³/mol. The van der Waals surface area contributed by atoms with E-state index < -0.39 is 0 Å². The Morgan fingerprint density at radius 1 is 0.971 bits per heavy atom. The molecule has 5 rings (SSSR count). The van der Waals surface area contributed by atoms with Crippen molar-refractivity contribution < 1.29 is 9.59 Å². The summed E-state index contributed by atoms with van der Waals surface area (Å²) in [7, 11) is 0. The second-order valence-electron chi connectivity index (χ2n) is 9.39. The smallest absolute Gasteiger partial charge is 0.276 e. The molecule has 3 aromatic heterocycles. The molecule has 4 heterocycles. The lowest BCUT2D eigenvalue weighted by Crippen LogP contribution is -2.49. The number of anilines is 2. The number of rotatable bonds is 4. The maximum Gasteiger partial charge on any atom is 0.276 e. The molecule has 1 saturated heterocycles. The molecule has 0 radical (unpaired) electrons. The SMILES string of the molecule is CC(C)(C)n1nc(C(=O)N2CCN(c3ccccn3)CC2)c2sc(NC(=O)c3ccccc3)nc21. The minimum absolute atomic E-state index is 0.122. The van der Waals surface area contributed by atoms with Gasteiger partial charge >= 0.3 is 0 Å². The van der Waals surface area contributed by atoms with E-state index in [2.05, 4.69) is 25.3 Å². The van der Waals surface area contributed by atoms with Gasteiger partial charge in [-0.15, -0.1) is 0 Å². The van der Waals surface area contributed by atoms with Crippen LogP contribution in [0.4, 0.5) is 10.9 Å². The number of piperazine rings is 1. The average Bonchev–Trinajstić information content (AvgIpc) is 3.43. The highest BCUT2D eigenvalue weighted by Crippen LogP contribution is 2.33. The Labute approximate surface area is 207 Å². The zero-order chi connectivity index (χ0) is 24.6. The van der Waals surface area contributed by atoms with Gasteiger partial charge in [-0.2, -0.15) is 10.1 Å². The van der Waals surface area contributed by atoms with E-state index in [-0.39, 0.29) is 17.4 Å². The van der Waals surface area contributed by atoms with Gasteiger partial charge in [0.05, 0.1) is 5.54 Å². The van der Waals surface area contributed by atoms with Gasteiger partial charge < -0.3 is 9.80 Å². The molecule has 10 heteroatoms. The van der Waals surface area contributed by atoms with E-state index in [0.29, 0.717) is 52.9 Å². The molecule has 35 heavy (non-hydrogen) atoms. The number of amides is 2. The van der Waals surface area contributed by atoms with Crippen molar-refractivity contribution in [3.63, 3.8) is 0 Å². The molecule has 1 N–H and O–H groups in total. The van der Waals surface area contributed by atoms with Gasteiger partial charge in [-0.05, 0) is 45.0 Å². The molecule has 0 aliphatic carbocycles. The molecule has 2 amide bonds. The Bertz CT molecular complexity index is 1350. The number of thiazole rings is 1. The van der Waals surface area contributed by atoms with Crippen LogP contribution in [0.3, 0.4) is 0 Å². The summed E-state index contributed by atoms with van der Waals surface area (Å²) in [6, 6.07) is 14.8. The van der Waals surface area contributed by atoms with E-state index in [0.717, 1.165) is 5.82 Å². The third kappa shape index (κ3) is 4.61. The molecule has 0 atom stereocenters. The van der Waals surface area contributed by atoms with E-state index in [1.165, 1.54) is 11.3 Å². The van der Waals surface area contributed by atoms with E-state index in [9.17, 15) is 9.59 Å². The Morgan fingerprint density at radius 2 is 1.69 bits per heavy atom. The Morgan fingerprint density at radius 3 is 2.34 bits per heavy atom. The quantitative estimate of drug-likeness (QED) is 0.468. The van der Waals surface area contributed by atoms with Gasteiger partial charge in [0.25, 0.3) is 11.8 Å². The van der Waals surface area contributed by atoms with Crippen molar-refractivity contribution in [2.45, 2.75) is 26.3 Å². The van der Waals surface area contributed by atoms with E-state index >= 15 is 0 Å². The topological polar surface area (TPSA) is 96.3 Å². The number of benzene rings is 1. The van der Waals surface area contributed by atoms with Gasteiger partial charge in [-0.1, -0.05) is 35.6 Å². The van der Waals surface area contributed by atoms with Crippen LogP contribution < -0.4 is 10.2 Å². The summed E-state index contributed by atoms with van der Waals surface area (Å²) >= 11 is 1.28. The van der Waals surface area contributed by atoms with Crippen LogP contribution in [0.5, 0.6) is 0 Å². The molecule has 1 fully saturated rings. The van der Waals surface area contributed by atoms with Gasteiger partial charge in [0.1, 0.15) is 10.5 Å². The third-order valence-electron chi connectivity index (χ3n) is 5.86. The zero-order valence-electron chi connectivity index (χ0n) is 19.9. The Kier molecular flexibility index (Phi) is 5.98. The van der Waals surface area contributed by atoms with E-state index in [1.54, 1.807) is 23.0 Å². The summed E-state index contributed by atoms with van der Waals surface area (Å²) in [5, 5.41) is 8.00. The summed E-state index contributed by atoms with van der Waals surface area (Å²) in [5.74, 6) is 0.555. The van der Waals surface area contributed by atoms with Crippen LogP contribution >= 0.6 is 11.3 Å². The molecular formula is C25H27N7O2S. The average molecular weight is 490 g/mol. The molecule has 0 unspecified atom stereocenters. The van der Waals surface area contributed by atoms with Gasteiger partial charge in [-0.25, -0.2) is 9.67 Å². The molecule has 4 aromatic rings. The van der Waals surface area contributed by atoms with Crippen LogP contribution in [0.1, 0.15) is 41.6 Å². The number of nitrogens with zero attached hydrogens (tertiary/aromatic N) is 6. The minimum atomic E-state index is -0.386. The van der Waals surface area contributed by atoms with Gasteiger partial charge in [0, 0.05) is 37.9 Å². The van der Waals surface area contributed by atoms with Crippen LogP contribution in [-0.2, 0) is 5.54 Å². The van der Waals surface area contributed by atoms with Crippen LogP contribution in [0.2, 0.25) is 0 Å². The third-order valence-corrected chi connectivity index (χ3v) is 6.83. The first-order valence-electron chi connectivity index (χ1n) is 11.5. The van der Waals surface area contributed by atoms with Crippen molar-refractivity contribution in [3.8, 4) is 0 Å². The normalized spacial score (nSPS) is 14.4. The largest absolute Gasteiger partial charge is 0.353 e. The standard InChI is InChI=1S/C25H27N7O2S/c1-25(2,3)32-21-20(35-24(27-21)28-22(33)17-9-5-4-6-10-17)19(29-32)23(34)31-15-13-30(14-16-31)18-11-7-8-12-26-18/h4-12H,13-16H2,1-3H3,(H,27,28,33). The number of hydrogen-bond donors (Lipinski definition) is 1. The monoisotopic (exact) mass is 489 g/mol. The highest BCUT2D eigenvalue weighted by Gasteiger charge is 2.31. The second-order valence-corrected chi connectivity index (χ2v) is 10.4. The fraction of sp³-hybridized carbons (Fsp3) is 0.320. The molecule has 1 aliphatic rings. The number of carbonyl (C=O) groups excluding carboxylic acids is 2. The van der Waals surface area contributed by atoms with Crippen LogP contribution in [0, 0.1) is 0 Å². The Balaban J connectivity index is 1.40.